The second kappa shape index (κ2) is 11.3. The van der Waals surface area contributed by atoms with E-state index in [0.29, 0.717) is 50.0 Å². The van der Waals surface area contributed by atoms with Gasteiger partial charge >= 0.3 is 6.03 Å². The summed E-state index contributed by atoms with van der Waals surface area (Å²) in [6.45, 7) is 5.50. The summed E-state index contributed by atoms with van der Waals surface area (Å²) in [6, 6.07) is 15.3. The monoisotopic (exact) mass is 440 g/mol. The summed E-state index contributed by atoms with van der Waals surface area (Å²) >= 11 is 0. The van der Waals surface area contributed by atoms with Crippen molar-refractivity contribution in [3.05, 3.63) is 71.7 Å². The van der Waals surface area contributed by atoms with E-state index in [1.165, 1.54) is 12.1 Å². The molecule has 0 fully saturated rings. The summed E-state index contributed by atoms with van der Waals surface area (Å²) < 4.78 is 26.7. The number of para-hydroxylation sites is 1. The fourth-order valence-electron chi connectivity index (χ4n) is 3.29. The van der Waals surface area contributed by atoms with Crippen LogP contribution >= 0.6 is 0 Å². The molecule has 170 valence electrons. The normalized spacial score (nSPS) is 10.8. The van der Waals surface area contributed by atoms with Gasteiger partial charge in [-0.15, -0.1) is 0 Å². The number of aromatic nitrogens is 2. The van der Waals surface area contributed by atoms with Crippen molar-refractivity contribution in [1.29, 1.82) is 0 Å². The predicted octanol–water partition coefficient (Wildman–Crippen LogP) is 4.54. The quantitative estimate of drug-likeness (QED) is 0.502. The van der Waals surface area contributed by atoms with E-state index in [2.05, 4.69) is 5.32 Å². The first-order valence-corrected chi connectivity index (χ1v) is 10.7. The van der Waals surface area contributed by atoms with Crippen LogP contribution < -0.4 is 10.1 Å². The highest BCUT2D eigenvalue weighted by Crippen LogP contribution is 2.32. The Bertz CT molecular complexity index is 1010. The molecule has 0 aliphatic rings. The van der Waals surface area contributed by atoms with Gasteiger partial charge in [0.2, 0.25) is 5.88 Å². The minimum atomic E-state index is -0.329. The van der Waals surface area contributed by atoms with Crippen molar-refractivity contribution in [1.82, 2.24) is 20.0 Å². The van der Waals surface area contributed by atoms with Crippen LogP contribution in [0, 0.1) is 5.82 Å². The van der Waals surface area contributed by atoms with Crippen molar-refractivity contribution in [2.24, 2.45) is 0 Å². The molecular formula is C24H29FN4O3. The zero-order valence-electron chi connectivity index (χ0n) is 18.7. The maximum atomic E-state index is 13.5. The van der Waals surface area contributed by atoms with E-state index >= 15 is 0 Å². The number of rotatable bonds is 10. The number of hydrogen-bond donors (Lipinski definition) is 1. The van der Waals surface area contributed by atoms with Gasteiger partial charge < -0.3 is 19.7 Å². The zero-order chi connectivity index (χ0) is 22.9. The van der Waals surface area contributed by atoms with E-state index in [1.54, 1.807) is 28.8 Å². The number of aryl methyl sites for hydroxylation is 1. The third-order valence-electron chi connectivity index (χ3n) is 4.91. The largest absolute Gasteiger partial charge is 0.439 e. The lowest BCUT2D eigenvalue weighted by molar-refractivity contribution is 0.146. The van der Waals surface area contributed by atoms with Crippen molar-refractivity contribution in [3.63, 3.8) is 0 Å². The highest BCUT2D eigenvalue weighted by Gasteiger charge is 2.24. The molecule has 1 heterocycles. The maximum absolute atomic E-state index is 13.5. The number of hydrogen-bond acceptors (Lipinski definition) is 4. The minimum absolute atomic E-state index is 0.188. The molecule has 0 saturated heterocycles. The molecule has 0 saturated carbocycles. The number of ether oxygens (including phenoxy) is 2. The highest BCUT2D eigenvalue weighted by atomic mass is 19.1. The van der Waals surface area contributed by atoms with Crippen LogP contribution in [0.5, 0.6) is 11.6 Å². The van der Waals surface area contributed by atoms with Crippen molar-refractivity contribution >= 4 is 6.03 Å². The number of urea groups is 1. The maximum Gasteiger partial charge on any atom is 0.317 e. The third-order valence-corrected chi connectivity index (χ3v) is 4.91. The predicted molar refractivity (Wildman–Crippen MR) is 121 cm³/mol. The summed E-state index contributed by atoms with van der Waals surface area (Å²) in [6.07, 6.45) is 0.641. The standard InChI is InChI=1S/C24H29FN4O3/c1-4-22-21(17-28(15-16-31-3)24(30)26-5-2)23(32-20-9-7-6-8-10-20)29(27-22)19-13-11-18(25)12-14-19/h6-14H,4-5,15-17H2,1-3H3,(H,26,30). The van der Waals surface area contributed by atoms with E-state index in [4.69, 9.17) is 14.6 Å². The number of methoxy groups -OCH3 is 1. The summed E-state index contributed by atoms with van der Waals surface area (Å²) in [7, 11) is 1.60. The second-order valence-corrected chi connectivity index (χ2v) is 7.14. The smallest absolute Gasteiger partial charge is 0.317 e. The molecule has 0 bridgehead atoms. The lowest BCUT2D eigenvalue weighted by Crippen LogP contribution is -2.41. The van der Waals surface area contributed by atoms with Gasteiger partial charge in [0.05, 0.1) is 30.1 Å². The summed E-state index contributed by atoms with van der Waals surface area (Å²) in [5.74, 6) is 0.803. The van der Waals surface area contributed by atoms with Crippen LogP contribution in [0.3, 0.4) is 0 Å². The zero-order valence-corrected chi connectivity index (χ0v) is 18.7. The van der Waals surface area contributed by atoms with Gasteiger partial charge in [0.25, 0.3) is 0 Å². The topological polar surface area (TPSA) is 68.6 Å². The van der Waals surface area contributed by atoms with Crippen LogP contribution in [0.4, 0.5) is 9.18 Å². The van der Waals surface area contributed by atoms with Gasteiger partial charge in [-0.25, -0.2) is 13.9 Å². The van der Waals surface area contributed by atoms with Crippen LogP contribution in [0.25, 0.3) is 5.69 Å². The number of nitrogens with one attached hydrogen (secondary N) is 1. The molecule has 32 heavy (non-hydrogen) atoms. The number of nitrogens with zero attached hydrogens (tertiary/aromatic N) is 3. The van der Waals surface area contributed by atoms with Crippen molar-refractivity contribution in [2.75, 3.05) is 26.8 Å². The van der Waals surface area contributed by atoms with Gasteiger partial charge in [0.1, 0.15) is 11.6 Å². The van der Waals surface area contributed by atoms with E-state index in [0.717, 1.165) is 11.3 Å². The lowest BCUT2D eigenvalue weighted by atomic mass is 10.2. The van der Waals surface area contributed by atoms with Gasteiger partial charge in [0, 0.05) is 20.2 Å². The number of halogens is 1. The SMILES string of the molecule is CCNC(=O)N(CCOC)Cc1c(CC)nn(-c2ccc(F)cc2)c1Oc1ccccc1. The molecule has 7 nitrogen and oxygen atoms in total. The molecule has 3 rings (SSSR count). The van der Waals surface area contributed by atoms with Gasteiger partial charge in [-0.05, 0) is 49.7 Å². The first-order valence-electron chi connectivity index (χ1n) is 10.7. The van der Waals surface area contributed by atoms with Crippen molar-refractivity contribution in [2.45, 2.75) is 26.8 Å². The van der Waals surface area contributed by atoms with E-state index in [1.807, 2.05) is 44.2 Å². The Labute approximate surface area is 187 Å². The molecular weight excluding hydrogens is 411 g/mol. The van der Waals surface area contributed by atoms with Gasteiger partial charge in [-0.3, -0.25) is 0 Å². The first-order chi connectivity index (χ1) is 15.6. The molecule has 1 aromatic heterocycles. The Morgan fingerprint density at radius 3 is 2.47 bits per heavy atom. The van der Waals surface area contributed by atoms with Crippen LogP contribution in [-0.4, -0.2) is 47.5 Å². The van der Waals surface area contributed by atoms with Crippen LogP contribution in [0.2, 0.25) is 0 Å². The van der Waals surface area contributed by atoms with Crippen LogP contribution in [0.1, 0.15) is 25.1 Å². The first kappa shape index (κ1) is 23.3. The summed E-state index contributed by atoms with van der Waals surface area (Å²) in [5.41, 5.74) is 2.26. The molecule has 3 aromatic rings. The molecule has 0 radical (unpaired) electrons. The van der Waals surface area contributed by atoms with Gasteiger partial charge in [-0.2, -0.15) is 5.10 Å². The van der Waals surface area contributed by atoms with Gasteiger partial charge in [0.15, 0.2) is 0 Å². The van der Waals surface area contributed by atoms with Crippen molar-refractivity contribution < 1.29 is 18.7 Å². The average molecular weight is 441 g/mol. The molecule has 0 spiro atoms. The van der Waals surface area contributed by atoms with E-state index < -0.39 is 0 Å². The second-order valence-electron chi connectivity index (χ2n) is 7.14. The Balaban J connectivity index is 2.07. The van der Waals surface area contributed by atoms with Crippen molar-refractivity contribution in [3.8, 4) is 17.3 Å². The minimum Gasteiger partial charge on any atom is -0.439 e. The van der Waals surface area contributed by atoms with E-state index in [9.17, 15) is 9.18 Å². The van der Waals surface area contributed by atoms with Crippen LogP contribution in [0.15, 0.2) is 54.6 Å². The molecule has 0 atom stereocenters. The molecule has 0 aliphatic carbocycles. The van der Waals surface area contributed by atoms with Crippen LogP contribution in [-0.2, 0) is 17.7 Å². The Morgan fingerprint density at radius 1 is 1.12 bits per heavy atom. The number of benzene rings is 2. The third kappa shape index (κ3) is 5.64. The Kier molecular flexibility index (Phi) is 8.21. The number of carbonyl (C=O) groups excluding carboxylic acids is 1. The number of amides is 2. The summed E-state index contributed by atoms with van der Waals surface area (Å²) in [4.78, 5) is 14.4. The molecule has 8 heteroatoms. The molecule has 2 aromatic carbocycles. The fraction of sp³-hybridized carbons (Fsp3) is 0.333. The average Bonchev–Trinajstić information content (AvgIpc) is 3.14. The molecule has 0 aliphatic heterocycles. The molecule has 2 amide bonds. The highest BCUT2D eigenvalue weighted by molar-refractivity contribution is 5.74. The molecule has 1 N–H and O–H groups in total. The lowest BCUT2D eigenvalue weighted by Gasteiger charge is -2.23. The van der Waals surface area contributed by atoms with Gasteiger partial charge in [-0.1, -0.05) is 25.1 Å². The summed E-state index contributed by atoms with van der Waals surface area (Å²) in [5, 5.41) is 7.59. The fourth-order valence-corrected chi connectivity index (χ4v) is 3.29. The molecule has 0 unspecified atom stereocenters. The Morgan fingerprint density at radius 2 is 1.84 bits per heavy atom. The number of carbonyl (C=O) groups is 1. The Hall–Kier alpha value is -3.39. The van der Waals surface area contributed by atoms with E-state index in [-0.39, 0.29) is 11.8 Å².